The maximum absolute atomic E-state index is 13.5. The molecule has 0 aliphatic carbocycles. The second kappa shape index (κ2) is 7.09. The molecule has 1 aromatic carbocycles. The minimum absolute atomic E-state index is 0.0259. The molecule has 2 N–H and O–H groups in total. The van der Waals surface area contributed by atoms with Crippen molar-refractivity contribution in [3.63, 3.8) is 0 Å². The van der Waals surface area contributed by atoms with Gasteiger partial charge in [0, 0.05) is 23.0 Å². The second-order valence-electron chi connectivity index (χ2n) is 4.28. The summed E-state index contributed by atoms with van der Waals surface area (Å²) >= 11 is 5.82. The van der Waals surface area contributed by atoms with Crippen LogP contribution in [0, 0.1) is 5.82 Å². The van der Waals surface area contributed by atoms with Crippen LogP contribution >= 0.6 is 11.6 Å². The summed E-state index contributed by atoms with van der Waals surface area (Å²) in [6.07, 6.45) is 0.136. The molecule has 0 aliphatic heterocycles. The van der Waals surface area contributed by atoms with Crippen molar-refractivity contribution in [2.24, 2.45) is 0 Å². The molecule has 1 aromatic rings. The lowest BCUT2D eigenvalue weighted by Crippen LogP contribution is -2.34. The lowest BCUT2D eigenvalue weighted by Gasteiger charge is -2.13. The molecule has 4 nitrogen and oxygen atoms in total. The van der Waals surface area contributed by atoms with E-state index < -0.39 is 11.8 Å². The Morgan fingerprint density at radius 2 is 2.16 bits per heavy atom. The summed E-state index contributed by atoms with van der Waals surface area (Å²) in [5.41, 5.74) is 0.145. The Balaban J connectivity index is 2.53. The van der Waals surface area contributed by atoms with E-state index in [9.17, 15) is 14.0 Å². The van der Waals surface area contributed by atoms with Gasteiger partial charge in [0.05, 0.1) is 6.42 Å². The van der Waals surface area contributed by atoms with E-state index >= 15 is 0 Å². The first kappa shape index (κ1) is 15.4. The number of aliphatic carboxylic acids is 1. The molecule has 1 rings (SSSR count). The number of halogens is 2. The summed E-state index contributed by atoms with van der Waals surface area (Å²) in [6.45, 7) is 1.70. The average molecular weight is 288 g/mol. The fourth-order valence-corrected chi connectivity index (χ4v) is 1.83. The molecule has 1 unspecified atom stereocenters. The van der Waals surface area contributed by atoms with Gasteiger partial charge >= 0.3 is 5.97 Å². The SMILES string of the molecule is CC(CCC(=O)O)NC(=O)Cc1c(F)cccc1Cl. The second-order valence-corrected chi connectivity index (χ2v) is 4.69. The van der Waals surface area contributed by atoms with Crippen molar-refractivity contribution in [3.8, 4) is 0 Å². The molecule has 6 heteroatoms. The van der Waals surface area contributed by atoms with Crippen LogP contribution in [0.3, 0.4) is 0 Å². The van der Waals surface area contributed by atoms with Crippen molar-refractivity contribution < 1.29 is 19.1 Å². The highest BCUT2D eigenvalue weighted by Crippen LogP contribution is 2.19. The highest BCUT2D eigenvalue weighted by Gasteiger charge is 2.14. The van der Waals surface area contributed by atoms with Gasteiger partial charge in [-0.1, -0.05) is 17.7 Å². The van der Waals surface area contributed by atoms with Crippen molar-refractivity contribution in [1.29, 1.82) is 0 Å². The van der Waals surface area contributed by atoms with Crippen molar-refractivity contribution in [3.05, 3.63) is 34.6 Å². The molecule has 0 aromatic heterocycles. The monoisotopic (exact) mass is 287 g/mol. The van der Waals surface area contributed by atoms with Gasteiger partial charge in [0.1, 0.15) is 5.82 Å². The number of hydrogen-bond acceptors (Lipinski definition) is 2. The summed E-state index contributed by atoms with van der Waals surface area (Å²) < 4.78 is 13.5. The van der Waals surface area contributed by atoms with Crippen LogP contribution in [0.5, 0.6) is 0 Å². The fourth-order valence-electron chi connectivity index (χ4n) is 1.60. The van der Waals surface area contributed by atoms with E-state index in [-0.39, 0.29) is 35.4 Å². The Morgan fingerprint density at radius 1 is 1.47 bits per heavy atom. The molecule has 104 valence electrons. The number of carboxylic acids is 1. The Bertz CT molecular complexity index is 459. The zero-order chi connectivity index (χ0) is 14.4. The number of carbonyl (C=O) groups is 2. The summed E-state index contributed by atoms with van der Waals surface area (Å²) in [5.74, 6) is -1.83. The van der Waals surface area contributed by atoms with E-state index in [4.69, 9.17) is 16.7 Å². The van der Waals surface area contributed by atoms with Crippen LogP contribution in [-0.4, -0.2) is 23.0 Å². The number of hydrogen-bond donors (Lipinski definition) is 2. The zero-order valence-corrected chi connectivity index (χ0v) is 11.2. The molecule has 0 saturated heterocycles. The Kier molecular flexibility index (Phi) is 5.76. The third kappa shape index (κ3) is 5.26. The van der Waals surface area contributed by atoms with Crippen LogP contribution in [0.25, 0.3) is 0 Å². The molecule has 0 heterocycles. The third-order valence-corrected chi connectivity index (χ3v) is 2.95. The van der Waals surface area contributed by atoms with Crippen LogP contribution in [0.4, 0.5) is 4.39 Å². The lowest BCUT2D eigenvalue weighted by molar-refractivity contribution is -0.137. The number of rotatable bonds is 6. The summed E-state index contributed by atoms with van der Waals surface area (Å²) in [4.78, 5) is 22.1. The molecule has 1 amide bonds. The maximum Gasteiger partial charge on any atom is 0.303 e. The van der Waals surface area contributed by atoms with Crippen LogP contribution in [0.15, 0.2) is 18.2 Å². The number of carbonyl (C=O) groups excluding carboxylic acids is 1. The molecule has 0 bridgehead atoms. The first-order valence-electron chi connectivity index (χ1n) is 5.84. The predicted octanol–water partition coefficient (Wildman–Crippen LogP) is 2.39. The summed E-state index contributed by atoms with van der Waals surface area (Å²) in [7, 11) is 0. The molecule has 1 atom stereocenters. The quantitative estimate of drug-likeness (QED) is 0.844. The minimum atomic E-state index is -0.918. The van der Waals surface area contributed by atoms with E-state index in [2.05, 4.69) is 5.32 Å². The highest BCUT2D eigenvalue weighted by molar-refractivity contribution is 6.31. The largest absolute Gasteiger partial charge is 0.481 e. The zero-order valence-electron chi connectivity index (χ0n) is 10.5. The minimum Gasteiger partial charge on any atom is -0.481 e. The van der Waals surface area contributed by atoms with Crippen LogP contribution < -0.4 is 5.32 Å². The van der Waals surface area contributed by atoms with E-state index in [0.29, 0.717) is 6.42 Å². The first-order chi connectivity index (χ1) is 8.90. The molecule has 0 saturated carbocycles. The van der Waals surface area contributed by atoms with E-state index in [1.54, 1.807) is 6.92 Å². The van der Waals surface area contributed by atoms with Crippen molar-refractivity contribution >= 4 is 23.5 Å². The number of benzene rings is 1. The maximum atomic E-state index is 13.5. The topological polar surface area (TPSA) is 66.4 Å². The standard InChI is InChI=1S/C13H15ClFNO3/c1-8(5-6-13(18)19)16-12(17)7-9-10(14)3-2-4-11(9)15/h2-4,8H,5-7H2,1H3,(H,16,17)(H,18,19). The Hall–Kier alpha value is -1.62. The molecular weight excluding hydrogens is 273 g/mol. The van der Waals surface area contributed by atoms with Gasteiger partial charge in [-0.25, -0.2) is 4.39 Å². The van der Waals surface area contributed by atoms with Gasteiger partial charge < -0.3 is 10.4 Å². The average Bonchev–Trinajstić information content (AvgIpc) is 2.31. The van der Waals surface area contributed by atoms with Gasteiger partial charge in [-0.15, -0.1) is 0 Å². The van der Waals surface area contributed by atoms with Crippen molar-refractivity contribution in [2.75, 3.05) is 0 Å². The van der Waals surface area contributed by atoms with Gasteiger partial charge in [0.2, 0.25) is 5.91 Å². The van der Waals surface area contributed by atoms with E-state index in [0.717, 1.165) is 0 Å². The normalized spacial score (nSPS) is 11.9. The molecule has 0 aliphatic rings. The number of carboxylic acid groups (broad SMARTS) is 1. The molecule has 0 fully saturated rings. The van der Waals surface area contributed by atoms with Crippen LogP contribution in [-0.2, 0) is 16.0 Å². The van der Waals surface area contributed by atoms with Crippen LogP contribution in [0.1, 0.15) is 25.3 Å². The van der Waals surface area contributed by atoms with Crippen LogP contribution in [0.2, 0.25) is 5.02 Å². The van der Waals surface area contributed by atoms with Gasteiger partial charge in [0.25, 0.3) is 0 Å². The fraction of sp³-hybridized carbons (Fsp3) is 0.385. The molecular formula is C13H15ClFNO3. The summed E-state index contributed by atoms with van der Waals surface area (Å²) in [5, 5.41) is 11.3. The highest BCUT2D eigenvalue weighted by atomic mass is 35.5. The summed E-state index contributed by atoms with van der Waals surface area (Å²) in [6, 6.07) is 3.94. The third-order valence-electron chi connectivity index (χ3n) is 2.60. The first-order valence-corrected chi connectivity index (χ1v) is 6.22. The van der Waals surface area contributed by atoms with Gasteiger partial charge in [0.15, 0.2) is 0 Å². The lowest BCUT2D eigenvalue weighted by atomic mass is 10.1. The number of amides is 1. The van der Waals surface area contributed by atoms with E-state index in [1.165, 1.54) is 18.2 Å². The molecule has 19 heavy (non-hydrogen) atoms. The van der Waals surface area contributed by atoms with Gasteiger partial charge in [-0.2, -0.15) is 0 Å². The van der Waals surface area contributed by atoms with E-state index in [1.807, 2.05) is 0 Å². The molecule has 0 spiro atoms. The molecule has 0 radical (unpaired) electrons. The van der Waals surface area contributed by atoms with Gasteiger partial charge in [-0.05, 0) is 25.5 Å². The smallest absolute Gasteiger partial charge is 0.303 e. The predicted molar refractivity (Wildman–Crippen MR) is 69.6 cm³/mol. The number of nitrogens with one attached hydrogen (secondary N) is 1. The van der Waals surface area contributed by atoms with Gasteiger partial charge in [-0.3, -0.25) is 9.59 Å². The Labute approximate surface area is 115 Å². The van der Waals surface area contributed by atoms with Crippen molar-refractivity contribution in [2.45, 2.75) is 32.2 Å². The Morgan fingerprint density at radius 3 is 2.74 bits per heavy atom. The van der Waals surface area contributed by atoms with Crippen molar-refractivity contribution in [1.82, 2.24) is 5.32 Å².